The highest BCUT2D eigenvalue weighted by Gasteiger charge is 2.20. The molecule has 7 nitrogen and oxygen atoms in total. The Hall–Kier alpha value is -2.67. The second-order valence-electron chi connectivity index (χ2n) is 7.44. The van der Waals surface area contributed by atoms with E-state index in [1.807, 2.05) is 29.2 Å². The summed E-state index contributed by atoms with van der Waals surface area (Å²) in [6.07, 6.45) is 3.65. The van der Waals surface area contributed by atoms with Crippen LogP contribution in [0.2, 0.25) is 0 Å². The van der Waals surface area contributed by atoms with Gasteiger partial charge in [-0.25, -0.2) is 4.98 Å². The number of imidazole rings is 1. The van der Waals surface area contributed by atoms with Gasteiger partial charge in [0, 0.05) is 31.6 Å². The summed E-state index contributed by atoms with van der Waals surface area (Å²) in [6, 6.07) is 7.96. The Morgan fingerprint density at radius 2 is 1.93 bits per heavy atom. The molecule has 0 saturated carbocycles. The maximum Gasteiger partial charge on any atom is 0.246 e. The molecule has 1 fully saturated rings. The molecular weight excluding hydrogens is 368 g/mol. The van der Waals surface area contributed by atoms with Gasteiger partial charge in [0.2, 0.25) is 11.8 Å². The summed E-state index contributed by atoms with van der Waals surface area (Å²) < 4.78 is 7.40. The lowest BCUT2D eigenvalue weighted by Crippen LogP contribution is -2.42. The maximum absolute atomic E-state index is 12.8. The Labute approximate surface area is 171 Å². The number of hydrogen-bond acceptors (Lipinski definition) is 4. The number of benzene rings is 1. The quantitative estimate of drug-likeness (QED) is 0.519. The molecule has 1 aliphatic rings. The third kappa shape index (κ3) is 5.67. The van der Waals surface area contributed by atoms with Gasteiger partial charge in [-0.2, -0.15) is 0 Å². The van der Waals surface area contributed by atoms with Crippen molar-refractivity contribution in [3.63, 3.8) is 0 Å². The number of aromatic nitrogens is 2. The minimum Gasteiger partial charge on any atom is -0.378 e. The van der Waals surface area contributed by atoms with Crippen molar-refractivity contribution in [1.82, 2.24) is 19.8 Å². The van der Waals surface area contributed by atoms with Crippen molar-refractivity contribution < 1.29 is 14.3 Å². The van der Waals surface area contributed by atoms with E-state index in [1.165, 1.54) is 0 Å². The molecule has 0 spiro atoms. The van der Waals surface area contributed by atoms with Crippen LogP contribution in [0.4, 0.5) is 0 Å². The van der Waals surface area contributed by atoms with Gasteiger partial charge in [-0.1, -0.05) is 25.1 Å². The average Bonchev–Trinajstić information content (AvgIpc) is 3.08. The fourth-order valence-corrected chi connectivity index (χ4v) is 3.48. The molecule has 0 unspecified atom stereocenters. The van der Waals surface area contributed by atoms with Crippen LogP contribution >= 0.6 is 0 Å². The highest BCUT2D eigenvalue weighted by molar-refractivity contribution is 5.92. The van der Waals surface area contributed by atoms with E-state index in [9.17, 15) is 9.59 Å². The zero-order chi connectivity index (χ0) is 20.6. The van der Waals surface area contributed by atoms with Crippen LogP contribution < -0.4 is 5.32 Å². The zero-order valence-electron chi connectivity index (χ0n) is 17.2. The van der Waals surface area contributed by atoms with E-state index < -0.39 is 0 Å². The molecule has 1 saturated heterocycles. The van der Waals surface area contributed by atoms with Crippen LogP contribution in [-0.2, 0) is 27.3 Å². The summed E-state index contributed by atoms with van der Waals surface area (Å²) in [4.78, 5) is 30.9. The number of fused-ring (bicyclic) bond motifs is 1. The molecule has 0 radical (unpaired) electrons. The summed E-state index contributed by atoms with van der Waals surface area (Å²) in [5, 5.41) is 2.86. The zero-order valence-corrected chi connectivity index (χ0v) is 17.2. The standard InChI is InChI=1S/C22H30N4O3/c1-17(2)22(28)23-11-7-3-4-10-20-24-18-8-5-6-9-19(18)26(20)16-21(27)25-12-14-29-15-13-25/h5-6,8-9H,1,3-4,7,10-16H2,2H3,(H,23,28). The predicted molar refractivity (Wildman–Crippen MR) is 113 cm³/mol. The van der Waals surface area contributed by atoms with Crippen molar-refractivity contribution in [3.8, 4) is 0 Å². The van der Waals surface area contributed by atoms with Crippen LogP contribution in [0.3, 0.4) is 0 Å². The van der Waals surface area contributed by atoms with Crippen molar-refractivity contribution in [2.75, 3.05) is 32.8 Å². The fourth-order valence-electron chi connectivity index (χ4n) is 3.48. The number of carbonyl (C=O) groups is 2. The van der Waals surface area contributed by atoms with Crippen LogP contribution in [0.1, 0.15) is 32.0 Å². The first-order chi connectivity index (χ1) is 14.1. The Kier molecular flexibility index (Phi) is 7.41. The molecule has 1 aliphatic heterocycles. The summed E-state index contributed by atoms with van der Waals surface area (Å²) >= 11 is 0. The number of carbonyl (C=O) groups excluding carboxylic acids is 2. The molecular formula is C22H30N4O3. The van der Waals surface area contributed by atoms with Crippen LogP contribution in [-0.4, -0.2) is 59.1 Å². The summed E-state index contributed by atoms with van der Waals surface area (Å²) in [5.41, 5.74) is 2.45. The molecule has 156 valence electrons. The van der Waals surface area contributed by atoms with Gasteiger partial charge in [-0.05, 0) is 31.9 Å². The van der Waals surface area contributed by atoms with Gasteiger partial charge in [0.25, 0.3) is 0 Å². The van der Waals surface area contributed by atoms with E-state index in [0.717, 1.165) is 42.5 Å². The second-order valence-corrected chi connectivity index (χ2v) is 7.44. The monoisotopic (exact) mass is 398 g/mol. The Bertz CT molecular complexity index is 868. The third-order valence-corrected chi connectivity index (χ3v) is 5.14. The molecule has 2 heterocycles. The van der Waals surface area contributed by atoms with Crippen molar-refractivity contribution in [2.24, 2.45) is 0 Å². The van der Waals surface area contributed by atoms with E-state index in [-0.39, 0.29) is 11.8 Å². The smallest absolute Gasteiger partial charge is 0.246 e. The molecule has 2 aromatic rings. The number of nitrogens with zero attached hydrogens (tertiary/aromatic N) is 3. The van der Waals surface area contributed by atoms with Crippen molar-refractivity contribution in [2.45, 2.75) is 39.2 Å². The number of hydrogen-bond donors (Lipinski definition) is 1. The molecule has 1 N–H and O–H groups in total. The topological polar surface area (TPSA) is 76.5 Å². The Balaban J connectivity index is 1.58. The summed E-state index contributed by atoms with van der Waals surface area (Å²) in [6.45, 7) is 8.81. The molecule has 1 aromatic heterocycles. The summed E-state index contributed by atoms with van der Waals surface area (Å²) in [5.74, 6) is 0.965. The third-order valence-electron chi connectivity index (χ3n) is 5.14. The summed E-state index contributed by atoms with van der Waals surface area (Å²) in [7, 11) is 0. The van der Waals surface area contributed by atoms with E-state index in [0.29, 0.717) is 45.0 Å². The Morgan fingerprint density at radius 3 is 2.69 bits per heavy atom. The van der Waals surface area contributed by atoms with Gasteiger partial charge in [0.05, 0.1) is 24.2 Å². The first kappa shape index (κ1) is 21.0. The fraction of sp³-hybridized carbons (Fsp3) is 0.500. The van der Waals surface area contributed by atoms with E-state index in [1.54, 1.807) is 6.92 Å². The van der Waals surface area contributed by atoms with E-state index in [4.69, 9.17) is 9.72 Å². The van der Waals surface area contributed by atoms with Gasteiger partial charge in [0.15, 0.2) is 0 Å². The minimum atomic E-state index is -0.0894. The molecule has 2 amide bonds. The maximum atomic E-state index is 12.8. The molecule has 0 atom stereocenters. The highest BCUT2D eigenvalue weighted by atomic mass is 16.5. The molecule has 3 rings (SSSR count). The van der Waals surface area contributed by atoms with Gasteiger partial charge < -0.3 is 19.5 Å². The predicted octanol–water partition coefficient (Wildman–Crippen LogP) is 2.30. The largest absolute Gasteiger partial charge is 0.378 e. The van der Waals surface area contributed by atoms with E-state index >= 15 is 0 Å². The van der Waals surface area contributed by atoms with Crippen LogP contribution in [0.25, 0.3) is 11.0 Å². The van der Waals surface area contributed by atoms with Gasteiger partial charge in [-0.3, -0.25) is 9.59 Å². The Morgan fingerprint density at radius 1 is 1.17 bits per heavy atom. The van der Waals surface area contributed by atoms with Crippen molar-refractivity contribution in [3.05, 3.63) is 42.2 Å². The lowest BCUT2D eigenvalue weighted by atomic mass is 10.2. The number of rotatable bonds is 9. The number of amides is 2. The van der Waals surface area contributed by atoms with Crippen LogP contribution in [0, 0.1) is 0 Å². The lowest BCUT2D eigenvalue weighted by molar-refractivity contribution is -0.135. The van der Waals surface area contributed by atoms with Crippen LogP contribution in [0.5, 0.6) is 0 Å². The molecule has 1 aromatic carbocycles. The highest BCUT2D eigenvalue weighted by Crippen LogP contribution is 2.18. The van der Waals surface area contributed by atoms with Crippen LogP contribution in [0.15, 0.2) is 36.4 Å². The molecule has 29 heavy (non-hydrogen) atoms. The number of morpholine rings is 1. The number of nitrogens with one attached hydrogen (secondary N) is 1. The first-order valence-electron chi connectivity index (χ1n) is 10.3. The molecule has 7 heteroatoms. The van der Waals surface area contributed by atoms with Gasteiger partial charge >= 0.3 is 0 Å². The number of aryl methyl sites for hydroxylation is 1. The number of unbranched alkanes of at least 4 members (excludes halogenated alkanes) is 2. The number of para-hydroxylation sites is 2. The van der Waals surface area contributed by atoms with E-state index in [2.05, 4.69) is 16.5 Å². The lowest BCUT2D eigenvalue weighted by Gasteiger charge is -2.27. The van der Waals surface area contributed by atoms with Gasteiger partial charge in [-0.15, -0.1) is 0 Å². The first-order valence-corrected chi connectivity index (χ1v) is 10.3. The second kappa shape index (κ2) is 10.2. The van der Waals surface area contributed by atoms with Gasteiger partial charge in [0.1, 0.15) is 12.4 Å². The van der Waals surface area contributed by atoms with Crippen molar-refractivity contribution >= 4 is 22.8 Å². The SMILES string of the molecule is C=C(C)C(=O)NCCCCCc1nc2ccccc2n1CC(=O)N1CCOCC1. The molecule has 0 bridgehead atoms. The minimum absolute atomic E-state index is 0.0894. The van der Waals surface area contributed by atoms with Crippen molar-refractivity contribution in [1.29, 1.82) is 0 Å². The molecule has 0 aliphatic carbocycles. The normalized spacial score (nSPS) is 14.2. The average molecular weight is 399 g/mol. The number of ether oxygens (including phenoxy) is 1.